The smallest absolute Gasteiger partial charge is 0.308 e. The molecule has 0 bridgehead atoms. The number of nitrogens with zero attached hydrogens (tertiary/aromatic N) is 1. The van der Waals surface area contributed by atoms with E-state index in [1.165, 1.54) is 23.1 Å². The molecular weight excluding hydrogens is 402 g/mol. The quantitative estimate of drug-likeness (QED) is 0.648. The van der Waals surface area contributed by atoms with Crippen LogP contribution in [-0.2, 0) is 9.59 Å². The van der Waals surface area contributed by atoms with Crippen molar-refractivity contribution in [3.8, 4) is 22.8 Å². The van der Waals surface area contributed by atoms with E-state index >= 15 is 0 Å². The molecule has 3 aromatic rings. The molecule has 1 saturated heterocycles. The van der Waals surface area contributed by atoms with Crippen molar-refractivity contribution in [2.24, 2.45) is 5.92 Å². The van der Waals surface area contributed by atoms with Gasteiger partial charge in [-0.1, -0.05) is 30.3 Å². The zero-order valence-electron chi connectivity index (χ0n) is 16.6. The van der Waals surface area contributed by atoms with Gasteiger partial charge >= 0.3 is 5.97 Å². The van der Waals surface area contributed by atoms with Crippen molar-refractivity contribution in [2.75, 3.05) is 19.7 Å². The maximum Gasteiger partial charge on any atom is 0.308 e. The van der Waals surface area contributed by atoms with Crippen molar-refractivity contribution in [1.82, 2.24) is 4.90 Å². The van der Waals surface area contributed by atoms with Crippen LogP contribution in [0.4, 0.5) is 0 Å². The monoisotopic (exact) mass is 423 g/mol. The van der Waals surface area contributed by atoms with Gasteiger partial charge in [-0.05, 0) is 12.8 Å². The van der Waals surface area contributed by atoms with Gasteiger partial charge in [0.15, 0.2) is 12.0 Å². The Morgan fingerprint density at radius 2 is 1.94 bits per heavy atom. The number of carboxylic acid groups (broad SMARTS) is 1. The highest BCUT2D eigenvalue weighted by Crippen LogP contribution is 2.31. The number of hydrogen-bond donors (Lipinski definition) is 2. The number of phenols is 1. The van der Waals surface area contributed by atoms with Crippen molar-refractivity contribution in [2.45, 2.75) is 12.8 Å². The molecule has 1 atom stereocenters. The molecule has 160 valence electrons. The lowest BCUT2D eigenvalue weighted by Crippen LogP contribution is -2.44. The van der Waals surface area contributed by atoms with E-state index in [0.717, 1.165) is 0 Å². The van der Waals surface area contributed by atoms with Gasteiger partial charge < -0.3 is 24.3 Å². The minimum atomic E-state index is -0.915. The van der Waals surface area contributed by atoms with E-state index in [9.17, 15) is 24.6 Å². The van der Waals surface area contributed by atoms with Crippen LogP contribution in [0.15, 0.2) is 57.7 Å². The first-order valence-corrected chi connectivity index (χ1v) is 9.92. The van der Waals surface area contributed by atoms with Gasteiger partial charge in [-0.25, -0.2) is 0 Å². The lowest BCUT2D eigenvalue weighted by molar-refractivity contribution is -0.146. The fourth-order valence-corrected chi connectivity index (χ4v) is 3.71. The average Bonchev–Trinajstić information content (AvgIpc) is 2.77. The minimum Gasteiger partial charge on any atom is -0.507 e. The molecule has 1 aromatic heterocycles. The zero-order valence-corrected chi connectivity index (χ0v) is 16.6. The molecule has 0 radical (unpaired) electrons. The molecule has 1 fully saturated rings. The highest BCUT2D eigenvalue weighted by Gasteiger charge is 2.28. The number of likely N-dealkylation sites (tertiary alicyclic amines) is 1. The maximum atomic E-state index is 12.5. The zero-order chi connectivity index (χ0) is 22.0. The highest BCUT2D eigenvalue weighted by molar-refractivity contribution is 5.86. The molecule has 8 nitrogen and oxygen atoms in total. The number of aromatic hydroxyl groups is 1. The molecule has 0 aliphatic carbocycles. The summed E-state index contributed by atoms with van der Waals surface area (Å²) in [5, 5.41) is 19.5. The second kappa shape index (κ2) is 8.51. The van der Waals surface area contributed by atoms with Gasteiger partial charge in [0.2, 0.25) is 0 Å². The normalized spacial score (nSPS) is 16.3. The van der Waals surface area contributed by atoms with Gasteiger partial charge in [0.25, 0.3) is 5.91 Å². The Balaban J connectivity index is 1.55. The maximum absolute atomic E-state index is 12.5. The summed E-state index contributed by atoms with van der Waals surface area (Å²) in [6.45, 7) is 0.306. The van der Waals surface area contributed by atoms with Gasteiger partial charge in [-0.2, -0.15) is 0 Å². The Bertz CT molecular complexity index is 1190. The fraction of sp³-hybridized carbons (Fsp3) is 0.261. The van der Waals surface area contributed by atoms with E-state index in [1.807, 2.05) is 18.2 Å². The Kier molecular flexibility index (Phi) is 5.62. The van der Waals surface area contributed by atoms with E-state index < -0.39 is 17.3 Å². The molecule has 2 aromatic carbocycles. The largest absolute Gasteiger partial charge is 0.507 e. The highest BCUT2D eigenvalue weighted by atomic mass is 16.5. The second-order valence-corrected chi connectivity index (χ2v) is 7.46. The Morgan fingerprint density at radius 3 is 2.68 bits per heavy atom. The summed E-state index contributed by atoms with van der Waals surface area (Å²) in [5.74, 6) is -1.63. The Hall–Kier alpha value is -3.81. The average molecular weight is 423 g/mol. The molecule has 1 unspecified atom stereocenters. The summed E-state index contributed by atoms with van der Waals surface area (Å²) in [4.78, 5) is 37.6. The first-order chi connectivity index (χ1) is 14.9. The summed E-state index contributed by atoms with van der Waals surface area (Å²) in [6, 6.07) is 13.1. The van der Waals surface area contributed by atoms with Crippen LogP contribution in [-0.4, -0.2) is 46.7 Å². The molecule has 1 aliphatic rings. The van der Waals surface area contributed by atoms with Crippen molar-refractivity contribution in [3.63, 3.8) is 0 Å². The molecule has 4 rings (SSSR count). The number of phenolic OH excluding ortho intramolecular Hbond substituents is 1. The number of carbonyl (C=O) groups is 2. The molecule has 2 N–H and O–H groups in total. The van der Waals surface area contributed by atoms with Crippen LogP contribution in [0, 0.1) is 5.92 Å². The summed E-state index contributed by atoms with van der Waals surface area (Å²) in [5.41, 5.74) is 0.451. The number of aliphatic carboxylic acids is 1. The number of amides is 1. The summed E-state index contributed by atoms with van der Waals surface area (Å²) in [6.07, 6.45) is 1.16. The van der Waals surface area contributed by atoms with Gasteiger partial charge in [-0.3, -0.25) is 14.4 Å². The number of piperidine rings is 1. The standard InChI is InChI=1S/C23H21NO7/c25-17-9-16(30-13-21(27)24-8-4-7-15(12-24)23(28)29)10-20-22(17)18(26)11-19(31-20)14-5-2-1-3-6-14/h1-3,5-6,9-11,15,25H,4,7-8,12-13H2,(H,28,29). The van der Waals surface area contributed by atoms with E-state index in [0.29, 0.717) is 30.7 Å². The van der Waals surface area contributed by atoms with E-state index in [1.54, 1.807) is 12.1 Å². The van der Waals surface area contributed by atoms with Crippen LogP contribution in [0.2, 0.25) is 0 Å². The predicted molar refractivity (Wildman–Crippen MR) is 112 cm³/mol. The summed E-state index contributed by atoms with van der Waals surface area (Å²) >= 11 is 0. The molecule has 0 spiro atoms. The van der Waals surface area contributed by atoms with Crippen molar-refractivity contribution >= 4 is 22.8 Å². The van der Waals surface area contributed by atoms with Crippen LogP contribution in [0.25, 0.3) is 22.3 Å². The van der Waals surface area contributed by atoms with E-state index in [-0.39, 0.29) is 41.5 Å². The van der Waals surface area contributed by atoms with Crippen LogP contribution in [0.5, 0.6) is 11.5 Å². The van der Waals surface area contributed by atoms with Gasteiger partial charge in [0.1, 0.15) is 28.2 Å². The van der Waals surface area contributed by atoms with Crippen LogP contribution in [0.1, 0.15) is 12.8 Å². The van der Waals surface area contributed by atoms with E-state index in [4.69, 9.17) is 9.15 Å². The molecule has 0 saturated carbocycles. The molecule has 8 heteroatoms. The van der Waals surface area contributed by atoms with Crippen LogP contribution >= 0.6 is 0 Å². The van der Waals surface area contributed by atoms with Gasteiger partial charge in [0.05, 0.1) is 5.92 Å². The summed E-state index contributed by atoms with van der Waals surface area (Å²) < 4.78 is 11.3. The molecular formula is C23H21NO7. The molecule has 1 amide bonds. The lowest BCUT2D eigenvalue weighted by atomic mass is 9.98. The third-order valence-corrected chi connectivity index (χ3v) is 5.33. The number of rotatable bonds is 5. The van der Waals surface area contributed by atoms with Crippen molar-refractivity contribution in [3.05, 3.63) is 58.8 Å². The number of hydrogen-bond acceptors (Lipinski definition) is 6. The number of fused-ring (bicyclic) bond motifs is 1. The first kappa shape index (κ1) is 20.5. The number of benzene rings is 2. The topological polar surface area (TPSA) is 117 Å². The molecule has 1 aliphatic heterocycles. The van der Waals surface area contributed by atoms with E-state index in [2.05, 4.69) is 0 Å². The number of carbonyl (C=O) groups excluding carboxylic acids is 1. The fourth-order valence-electron chi connectivity index (χ4n) is 3.71. The SMILES string of the molecule is O=C(O)C1CCCN(C(=O)COc2cc(O)c3c(=O)cc(-c4ccccc4)oc3c2)C1. The molecule has 2 heterocycles. The second-order valence-electron chi connectivity index (χ2n) is 7.46. The van der Waals surface area contributed by atoms with Crippen molar-refractivity contribution in [1.29, 1.82) is 0 Å². The first-order valence-electron chi connectivity index (χ1n) is 9.92. The van der Waals surface area contributed by atoms with Crippen LogP contribution < -0.4 is 10.2 Å². The third-order valence-electron chi connectivity index (χ3n) is 5.33. The lowest BCUT2D eigenvalue weighted by Gasteiger charge is -2.30. The summed E-state index contributed by atoms with van der Waals surface area (Å²) in [7, 11) is 0. The van der Waals surface area contributed by atoms with Gasteiger partial charge in [0, 0.05) is 36.9 Å². The number of ether oxygens (including phenoxy) is 1. The predicted octanol–water partition coefficient (Wildman–Crippen LogP) is 2.87. The Morgan fingerprint density at radius 1 is 1.16 bits per heavy atom. The number of carboxylic acids is 1. The minimum absolute atomic E-state index is 0.0266. The third kappa shape index (κ3) is 4.37. The van der Waals surface area contributed by atoms with Crippen molar-refractivity contribution < 1.29 is 29.0 Å². The van der Waals surface area contributed by atoms with Crippen LogP contribution in [0.3, 0.4) is 0 Å². The Labute approximate surface area is 177 Å². The van der Waals surface area contributed by atoms with Gasteiger partial charge in [-0.15, -0.1) is 0 Å². The molecule has 31 heavy (non-hydrogen) atoms.